The van der Waals surface area contributed by atoms with Crippen LogP contribution in [0, 0.1) is 0 Å². The van der Waals surface area contributed by atoms with Crippen LogP contribution in [0.4, 0.5) is 0 Å². The second-order valence-corrected chi connectivity index (χ2v) is 4.74. The maximum Gasteiger partial charge on any atom is 0.248 e. The van der Waals surface area contributed by atoms with E-state index < -0.39 is 0 Å². The van der Waals surface area contributed by atoms with E-state index in [-0.39, 0.29) is 6.04 Å². The Bertz CT molecular complexity index is 539. The molecule has 1 heterocycles. The molecule has 0 aliphatic rings. The molecule has 5 heteroatoms. The molecule has 94 valence electrons. The number of hydrogen-bond acceptors (Lipinski definition) is 4. The van der Waals surface area contributed by atoms with Gasteiger partial charge in [0.1, 0.15) is 0 Å². The van der Waals surface area contributed by atoms with E-state index in [1.54, 1.807) is 0 Å². The van der Waals surface area contributed by atoms with E-state index in [9.17, 15) is 0 Å². The van der Waals surface area contributed by atoms with E-state index in [4.69, 9.17) is 4.42 Å². The molecule has 1 atom stereocenters. The molecule has 0 spiro atoms. The van der Waals surface area contributed by atoms with Crippen molar-refractivity contribution in [2.45, 2.75) is 19.5 Å². The van der Waals surface area contributed by atoms with Crippen molar-refractivity contribution < 1.29 is 4.42 Å². The van der Waals surface area contributed by atoms with Gasteiger partial charge in [-0.1, -0.05) is 18.2 Å². The maximum absolute atomic E-state index is 5.60. The lowest BCUT2D eigenvalue weighted by Gasteiger charge is -2.04. The van der Waals surface area contributed by atoms with Crippen molar-refractivity contribution in [2.75, 3.05) is 0 Å². The first kappa shape index (κ1) is 13.0. The maximum atomic E-state index is 5.60. The molecular weight excluding hydrogens is 294 g/mol. The molecule has 1 N–H and O–H groups in total. The number of rotatable bonds is 5. The average Bonchev–Trinajstić information content (AvgIpc) is 2.85. The van der Waals surface area contributed by atoms with Gasteiger partial charge in [0.25, 0.3) is 0 Å². The summed E-state index contributed by atoms with van der Waals surface area (Å²) in [6.07, 6.45) is 1.82. The second kappa shape index (κ2) is 5.93. The Morgan fingerprint density at radius 2 is 2.22 bits per heavy atom. The lowest BCUT2D eigenvalue weighted by molar-refractivity contribution is 0.468. The Labute approximate surface area is 114 Å². The fraction of sp³-hybridized carbons (Fsp3) is 0.231. The van der Waals surface area contributed by atoms with E-state index in [1.807, 2.05) is 37.3 Å². The smallest absolute Gasteiger partial charge is 0.248 e. The monoisotopic (exact) mass is 307 g/mol. The third-order valence-corrected chi connectivity index (χ3v) is 3.19. The van der Waals surface area contributed by atoms with Gasteiger partial charge in [-0.2, -0.15) is 0 Å². The van der Waals surface area contributed by atoms with Crippen LogP contribution in [-0.2, 0) is 6.54 Å². The molecule has 0 aliphatic carbocycles. The number of hydrogen-bond donors (Lipinski definition) is 1. The van der Waals surface area contributed by atoms with Crippen LogP contribution in [0.5, 0.6) is 0 Å². The minimum absolute atomic E-state index is 0.212. The molecule has 0 radical (unpaired) electrons. The molecule has 2 rings (SSSR count). The lowest BCUT2D eigenvalue weighted by atomic mass is 10.2. The van der Waals surface area contributed by atoms with E-state index in [1.165, 1.54) is 0 Å². The number of halogens is 1. The van der Waals surface area contributed by atoms with E-state index in [0.717, 1.165) is 10.0 Å². The van der Waals surface area contributed by atoms with Crippen molar-refractivity contribution in [3.05, 3.63) is 47.3 Å². The summed E-state index contributed by atoms with van der Waals surface area (Å²) >= 11 is 3.46. The largest absolute Gasteiger partial charge is 0.419 e. The predicted molar refractivity (Wildman–Crippen MR) is 73.9 cm³/mol. The van der Waals surface area contributed by atoms with Crippen LogP contribution in [0.1, 0.15) is 12.8 Å². The number of nitrogens with zero attached hydrogens (tertiary/aromatic N) is 2. The van der Waals surface area contributed by atoms with Crippen molar-refractivity contribution in [2.24, 2.45) is 0 Å². The molecule has 2 aromatic rings. The van der Waals surface area contributed by atoms with Gasteiger partial charge in [-0.05, 0) is 35.0 Å². The number of nitrogens with one attached hydrogen (secondary N) is 1. The summed E-state index contributed by atoms with van der Waals surface area (Å²) in [5, 5.41) is 11.2. The topological polar surface area (TPSA) is 51.0 Å². The van der Waals surface area contributed by atoms with Crippen molar-refractivity contribution in [3.8, 4) is 11.5 Å². The Balaban J connectivity index is 2.11. The van der Waals surface area contributed by atoms with Gasteiger partial charge in [-0.15, -0.1) is 16.8 Å². The molecule has 0 bridgehead atoms. The fourth-order valence-corrected chi connectivity index (χ4v) is 1.85. The van der Waals surface area contributed by atoms with Gasteiger partial charge in [0.15, 0.2) is 0 Å². The Hall–Kier alpha value is -1.46. The summed E-state index contributed by atoms with van der Waals surface area (Å²) < 4.78 is 6.53. The summed E-state index contributed by atoms with van der Waals surface area (Å²) in [5.41, 5.74) is 0.896. The molecule has 1 unspecified atom stereocenters. The Kier molecular flexibility index (Phi) is 4.28. The molecule has 0 saturated heterocycles. The highest BCUT2D eigenvalue weighted by Crippen LogP contribution is 2.26. The van der Waals surface area contributed by atoms with Crippen LogP contribution < -0.4 is 5.32 Å². The molecule has 0 fully saturated rings. The summed E-state index contributed by atoms with van der Waals surface area (Å²) in [4.78, 5) is 0. The molecule has 1 aromatic heterocycles. The van der Waals surface area contributed by atoms with Crippen LogP contribution in [-0.4, -0.2) is 16.2 Å². The first-order valence-corrected chi connectivity index (χ1v) is 6.43. The Morgan fingerprint density at radius 3 is 2.94 bits per heavy atom. The quantitative estimate of drug-likeness (QED) is 0.862. The number of benzene rings is 1. The third-order valence-electron chi connectivity index (χ3n) is 2.50. The van der Waals surface area contributed by atoms with Crippen LogP contribution in [0.2, 0.25) is 0 Å². The van der Waals surface area contributed by atoms with Crippen LogP contribution >= 0.6 is 15.9 Å². The summed E-state index contributed by atoms with van der Waals surface area (Å²) in [5.74, 6) is 1.08. The SMILES string of the molecule is C=CC(C)NCc1nnc(-c2ccccc2Br)o1. The molecule has 1 aromatic carbocycles. The van der Waals surface area contributed by atoms with Gasteiger partial charge >= 0.3 is 0 Å². The molecule has 18 heavy (non-hydrogen) atoms. The standard InChI is InChI=1S/C13H14BrN3O/c1-3-9(2)15-8-12-16-17-13(18-12)10-6-4-5-7-11(10)14/h3-7,9,15H,1,8H2,2H3. The highest BCUT2D eigenvalue weighted by Gasteiger charge is 2.11. The zero-order valence-corrected chi connectivity index (χ0v) is 11.6. The molecule has 4 nitrogen and oxygen atoms in total. The van der Waals surface area contributed by atoms with Crippen LogP contribution in [0.3, 0.4) is 0 Å². The first-order chi connectivity index (χ1) is 8.70. The van der Waals surface area contributed by atoms with Crippen molar-refractivity contribution in [1.82, 2.24) is 15.5 Å². The van der Waals surface area contributed by atoms with Crippen molar-refractivity contribution in [1.29, 1.82) is 0 Å². The normalized spacial score (nSPS) is 12.3. The summed E-state index contributed by atoms with van der Waals surface area (Å²) in [7, 11) is 0. The zero-order chi connectivity index (χ0) is 13.0. The van der Waals surface area contributed by atoms with Crippen molar-refractivity contribution >= 4 is 15.9 Å². The first-order valence-electron chi connectivity index (χ1n) is 5.64. The Morgan fingerprint density at radius 1 is 1.44 bits per heavy atom. The van der Waals surface area contributed by atoms with Crippen molar-refractivity contribution in [3.63, 3.8) is 0 Å². The van der Waals surface area contributed by atoms with Gasteiger partial charge in [0.05, 0.1) is 12.1 Å². The van der Waals surface area contributed by atoms with E-state index in [0.29, 0.717) is 18.3 Å². The van der Waals surface area contributed by atoms with Crippen LogP contribution in [0.25, 0.3) is 11.5 Å². The molecule has 0 aliphatic heterocycles. The van der Waals surface area contributed by atoms with Gasteiger partial charge < -0.3 is 9.73 Å². The summed E-state index contributed by atoms with van der Waals surface area (Å²) in [6.45, 7) is 6.25. The van der Waals surface area contributed by atoms with Gasteiger partial charge in [0.2, 0.25) is 11.8 Å². The number of aromatic nitrogens is 2. The lowest BCUT2D eigenvalue weighted by Crippen LogP contribution is -2.23. The minimum Gasteiger partial charge on any atom is -0.419 e. The molecule has 0 amide bonds. The average molecular weight is 308 g/mol. The zero-order valence-electron chi connectivity index (χ0n) is 10.1. The minimum atomic E-state index is 0.212. The fourth-order valence-electron chi connectivity index (χ4n) is 1.40. The highest BCUT2D eigenvalue weighted by molar-refractivity contribution is 9.10. The van der Waals surface area contributed by atoms with Gasteiger partial charge in [-0.3, -0.25) is 0 Å². The van der Waals surface area contributed by atoms with E-state index >= 15 is 0 Å². The summed E-state index contributed by atoms with van der Waals surface area (Å²) in [6, 6.07) is 7.96. The molecular formula is C13H14BrN3O. The van der Waals surface area contributed by atoms with Crippen LogP contribution in [0.15, 0.2) is 45.8 Å². The second-order valence-electron chi connectivity index (χ2n) is 3.89. The van der Waals surface area contributed by atoms with E-state index in [2.05, 4.69) is 38.0 Å². The van der Waals surface area contributed by atoms with Gasteiger partial charge in [0, 0.05) is 10.5 Å². The predicted octanol–water partition coefficient (Wildman–Crippen LogP) is 3.16. The third kappa shape index (κ3) is 3.05. The molecule has 0 saturated carbocycles. The highest BCUT2D eigenvalue weighted by atomic mass is 79.9. The van der Waals surface area contributed by atoms with Gasteiger partial charge in [-0.25, -0.2) is 0 Å².